The summed E-state index contributed by atoms with van der Waals surface area (Å²) < 4.78 is 0. The van der Waals surface area contributed by atoms with E-state index in [9.17, 15) is 0 Å². The molecule has 18 heavy (non-hydrogen) atoms. The smallest absolute Gasteiger partial charge is 0.157 e. The minimum absolute atomic E-state index is 0.392. The first-order chi connectivity index (χ1) is 8.51. The quantitative estimate of drug-likeness (QED) is 0.850. The van der Waals surface area contributed by atoms with Gasteiger partial charge in [-0.15, -0.1) is 0 Å². The van der Waals surface area contributed by atoms with Crippen molar-refractivity contribution in [2.45, 2.75) is 51.1 Å². The van der Waals surface area contributed by atoms with E-state index in [1.165, 1.54) is 36.6 Å². The Morgan fingerprint density at radius 1 is 1.33 bits per heavy atom. The predicted molar refractivity (Wildman–Crippen MR) is 81.4 cm³/mol. The highest BCUT2D eigenvalue weighted by molar-refractivity contribution is 8.14. The molecule has 4 heteroatoms. The number of hydrogen-bond acceptors (Lipinski definition) is 3. The monoisotopic (exact) mass is 269 g/mol. The van der Waals surface area contributed by atoms with Crippen molar-refractivity contribution in [3.63, 3.8) is 0 Å². The maximum absolute atomic E-state index is 4.96. The van der Waals surface area contributed by atoms with Crippen LogP contribution in [0.3, 0.4) is 0 Å². The van der Waals surface area contributed by atoms with Crippen LogP contribution in [0.2, 0.25) is 0 Å². The Morgan fingerprint density at radius 3 is 2.56 bits per heavy atom. The van der Waals surface area contributed by atoms with Crippen LogP contribution in [0.1, 0.15) is 39.5 Å². The maximum Gasteiger partial charge on any atom is 0.157 e. The Morgan fingerprint density at radius 2 is 2.00 bits per heavy atom. The number of likely N-dealkylation sites (N-methyl/N-ethyl adjacent to an activating group) is 1. The summed E-state index contributed by atoms with van der Waals surface area (Å²) in [5.41, 5.74) is 0.392. The van der Waals surface area contributed by atoms with Gasteiger partial charge in [0, 0.05) is 17.8 Å². The van der Waals surface area contributed by atoms with E-state index in [2.05, 4.69) is 38.2 Å². The van der Waals surface area contributed by atoms with Gasteiger partial charge in [0.2, 0.25) is 0 Å². The van der Waals surface area contributed by atoms with Gasteiger partial charge in [-0.2, -0.15) is 0 Å². The second-order valence-electron chi connectivity index (χ2n) is 6.41. The molecule has 1 spiro atoms. The van der Waals surface area contributed by atoms with Gasteiger partial charge in [0.1, 0.15) is 0 Å². The van der Waals surface area contributed by atoms with Crippen molar-refractivity contribution in [3.8, 4) is 0 Å². The van der Waals surface area contributed by atoms with Crippen molar-refractivity contribution < 1.29 is 0 Å². The molecule has 2 fully saturated rings. The fourth-order valence-corrected chi connectivity index (χ4v) is 4.09. The minimum atomic E-state index is 0.392. The van der Waals surface area contributed by atoms with E-state index in [1.807, 2.05) is 11.8 Å². The number of hydrogen-bond donors (Lipinski definition) is 1. The zero-order chi connectivity index (χ0) is 13.2. The molecule has 1 saturated heterocycles. The van der Waals surface area contributed by atoms with Gasteiger partial charge in [0.25, 0.3) is 0 Å². The van der Waals surface area contributed by atoms with Crippen LogP contribution >= 0.6 is 11.8 Å². The van der Waals surface area contributed by atoms with Crippen LogP contribution < -0.4 is 5.32 Å². The van der Waals surface area contributed by atoms with Crippen molar-refractivity contribution >= 4 is 16.9 Å². The Bertz CT molecular complexity index is 306. The highest BCUT2D eigenvalue weighted by Crippen LogP contribution is 2.37. The second kappa shape index (κ2) is 5.83. The summed E-state index contributed by atoms with van der Waals surface area (Å²) >= 11 is 1.93. The largest absolute Gasteiger partial charge is 0.359 e. The Balaban J connectivity index is 1.99. The molecule has 1 atom stereocenters. The maximum atomic E-state index is 4.96. The Labute approximate surface area is 116 Å². The lowest BCUT2D eigenvalue weighted by atomic mass is 10.0. The molecule has 1 aliphatic heterocycles. The fraction of sp³-hybridized carbons (Fsp3) is 0.929. The van der Waals surface area contributed by atoms with E-state index in [0.717, 1.165) is 6.54 Å². The van der Waals surface area contributed by atoms with Gasteiger partial charge < -0.3 is 10.2 Å². The first kappa shape index (κ1) is 14.2. The van der Waals surface area contributed by atoms with Gasteiger partial charge >= 0.3 is 0 Å². The summed E-state index contributed by atoms with van der Waals surface area (Å²) in [5, 5.41) is 4.91. The number of rotatable bonds is 4. The number of aliphatic imine (C=N–C) groups is 1. The summed E-state index contributed by atoms with van der Waals surface area (Å²) in [4.78, 5) is 7.20. The zero-order valence-corrected chi connectivity index (χ0v) is 13.0. The van der Waals surface area contributed by atoms with Crippen molar-refractivity contribution in [1.29, 1.82) is 0 Å². The van der Waals surface area contributed by atoms with Gasteiger partial charge in [-0.05, 0) is 32.9 Å². The molecule has 3 nitrogen and oxygen atoms in total. The summed E-state index contributed by atoms with van der Waals surface area (Å²) in [6.07, 6.45) is 5.43. The standard InChI is InChI=1S/C14H27N3S/c1-11(2)12(9-17(3)4)15-13-16-14(10-18-13)7-5-6-8-14/h11-12H,5-10H2,1-4H3,(H,15,16). The van der Waals surface area contributed by atoms with Crippen LogP contribution in [0, 0.1) is 5.92 Å². The predicted octanol–water partition coefficient (Wildman–Crippen LogP) is 2.58. The Kier molecular flexibility index (Phi) is 4.59. The number of nitrogens with zero attached hydrogens (tertiary/aromatic N) is 2. The lowest BCUT2D eigenvalue weighted by Crippen LogP contribution is -2.41. The average molecular weight is 269 g/mol. The lowest BCUT2D eigenvalue weighted by Gasteiger charge is -2.24. The van der Waals surface area contributed by atoms with Crippen LogP contribution in [0.25, 0.3) is 0 Å². The van der Waals surface area contributed by atoms with E-state index < -0.39 is 0 Å². The molecule has 0 bridgehead atoms. The first-order valence-electron chi connectivity index (χ1n) is 7.14. The average Bonchev–Trinajstić information content (AvgIpc) is 2.88. The zero-order valence-electron chi connectivity index (χ0n) is 12.2. The fourth-order valence-electron chi connectivity index (χ4n) is 2.82. The summed E-state index contributed by atoms with van der Waals surface area (Å²) in [5.74, 6) is 1.82. The number of thioether (sulfide) groups is 1. The topological polar surface area (TPSA) is 27.6 Å². The summed E-state index contributed by atoms with van der Waals surface area (Å²) in [6.45, 7) is 5.57. The van der Waals surface area contributed by atoms with E-state index >= 15 is 0 Å². The molecule has 0 aromatic rings. The second-order valence-corrected chi connectivity index (χ2v) is 7.37. The van der Waals surface area contributed by atoms with E-state index in [0.29, 0.717) is 17.5 Å². The molecular weight excluding hydrogens is 242 g/mol. The third-order valence-electron chi connectivity index (χ3n) is 4.02. The first-order valence-corrected chi connectivity index (χ1v) is 8.13. The molecule has 1 aliphatic carbocycles. The van der Waals surface area contributed by atoms with Crippen LogP contribution in [0.15, 0.2) is 4.99 Å². The van der Waals surface area contributed by atoms with Gasteiger partial charge in [-0.3, -0.25) is 4.99 Å². The molecule has 1 N–H and O–H groups in total. The van der Waals surface area contributed by atoms with Gasteiger partial charge in [-0.1, -0.05) is 38.5 Å². The van der Waals surface area contributed by atoms with Crippen molar-refractivity contribution in [1.82, 2.24) is 10.2 Å². The molecule has 2 rings (SSSR count). The molecule has 0 aromatic carbocycles. The highest BCUT2D eigenvalue weighted by Gasteiger charge is 2.39. The van der Waals surface area contributed by atoms with Crippen molar-refractivity contribution in [2.24, 2.45) is 10.9 Å². The molecule has 0 aromatic heterocycles. The van der Waals surface area contributed by atoms with E-state index in [4.69, 9.17) is 4.99 Å². The van der Waals surface area contributed by atoms with Gasteiger partial charge in [0.05, 0.1) is 6.04 Å². The highest BCUT2D eigenvalue weighted by atomic mass is 32.2. The SMILES string of the molecule is CC(C)C(CN(C)C)N=C1NC2(CCCC2)CS1. The van der Waals surface area contributed by atoms with Gasteiger partial charge in [-0.25, -0.2) is 0 Å². The number of nitrogens with one attached hydrogen (secondary N) is 1. The molecule has 1 heterocycles. The third-order valence-corrected chi connectivity index (χ3v) is 5.20. The third kappa shape index (κ3) is 3.41. The van der Waals surface area contributed by atoms with Crippen LogP contribution in [-0.2, 0) is 0 Å². The number of amidine groups is 1. The molecule has 0 amide bonds. The molecular formula is C14H27N3S. The minimum Gasteiger partial charge on any atom is -0.359 e. The normalized spacial score (nSPS) is 26.4. The summed E-state index contributed by atoms with van der Waals surface area (Å²) in [6, 6.07) is 0.409. The molecule has 1 unspecified atom stereocenters. The lowest BCUT2D eigenvalue weighted by molar-refractivity contribution is 0.331. The molecule has 1 saturated carbocycles. The molecule has 2 aliphatic rings. The Hall–Kier alpha value is -0.220. The molecule has 104 valence electrons. The van der Waals surface area contributed by atoms with Gasteiger partial charge in [0.15, 0.2) is 5.17 Å². The van der Waals surface area contributed by atoms with E-state index in [-0.39, 0.29) is 0 Å². The van der Waals surface area contributed by atoms with Crippen LogP contribution in [-0.4, -0.2) is 48.0 Å². The van der Waals surface area contributed by atoms with Crippen molar-refractivity contribution in [2.75, 3.05) is 26.4 Å². The molecule has 0 radical (unpaired) electrons. The van der Waals surface area contributed by atoms with Crippen LogP contribution in [0.4, 0.5) is 0 Å². The summed E-state index contributed by atoms with van der Waals surface area (Å²) in [7, 11) is 4.26. The van der Waals surface area contributed by atoms with Crippen LogP contribution in [0.5, 0.6) is 0 Å². The van der Waals surface area contributed by atoms with E-state index in [1.54, 1.807) is 0 Å². The van der Waals surface area contributed by atoms with Crippen molar-refractivity contribution in [3.05, 3.63) is 0 Å².